The average molecular weight is 424 g/mol. The largest absolute Gasteiger partial charge is 0.505 e. The number of aromatic hydroxyl groups is 1. The third kappa shape index (κ3) is 4.89. The Morgan fingerprint density at radius 1 is 0.929 bits per heavy atom. The average Bonchev–Trinajstić information content (AvgIpc) is 2.76. The third-order valence-corrected chi connectivity index (χ3v) is 4.68. The second-order valence-electron chi connectivity index (χ2n) is 5.15. The molecule has 0 radical (unpaired) electrons. The van der Waals surface area contributed by atoms with E-state index in [1.807, 2.05) is 0 Å². The van der Waals surface area contributed by atoms with Gasteiger partial charge in [-0.05, 0) is 53.9 Å². The smallest absolute Gasteiger partial charge is 0.156 e. The second kappa shape index (κ2) is 9.68. The molecule has 28 heavy (non-hydrogen) atoms. The van der Waals surface area contributed by atoms with Gasteiger partial charge < -0.3 is 10.8 Å². The van der Waals surface area contributed by atoms with E-state index in [-0.39, 0.29) is 11.4 Å². The van der Waals surface area contributed by atoms with Crippen LogP contribution in [0.4, 0.5) is 17.1 Å². The van der Waals surface area contributed by atoms with E-state index < -0.39 is 0 Å². The van der Waals surface area contributed by atoms with Gasteiger partial charge in [0, 0.05) is 16.0 Å². The molecule has 0 unspecified atom stereocenters. The number of nitrogens with zero attached hydrogens (tertiary/aromatic N) is 2. The molecule has 0 aromatic heterocycles. The molecule has 0 atom stereocenters. The van der Waals surface area contributed by atoms with Crippen molar-refractivity contribution in [1.29, 1.82) is 0 Å². The Hall–Kier alpha value is -2.42. The Bertz CT molecular complexity index is 1010. The first-order valence-corrected chi connectivity index (χ1v) is 8.93. The number of phenolic OH excluding ortho intramolecular Hbond substituents is 1. The van der Waals surface area contributed by atoms with E-state index >= 15 is 0 Å². The quantitative estimate of drug-likeness (QED) is 0.116. The summed E-state index contributed by atoms with van der Waals surface area (Å²) < 4.78 is 16.1. The Morgan fingerprint density at radius 3 is 2.39 bits per heavy atom. The zero-order valence-corrected chi connectivity index (χ0v) is 15.4. The molecular weight excluding hydrogens is 410 g/mol. The number of fused-ring (bicyclic) bond motifs is 1. The Morgan fingerprint density at radius 2 is 1.68 bits per heavy atom. The number of nitrogen functional groups attached to an aromatic ring is 1. The van der Waals surface area contributed by atoms with Crippen LogP contribution in [0.1, 0.15) is 0 Å². The summed E-state index contributed by atoms with van der Waals surface area (Å²) in [4.78, 5) is 0.964. The van der Waals surface area contributed by atoms with Crippen molar-refractivity contribution < 1.29 is 35.8 Å². The van der Waals surface area contributed by atoms with Gasteiger partial charge in [0.25, 0.3) is 0 Å². The number of benzene rings is 3. The zero-order chi connectivity index (χ0) is 20.6. The predicted molar refractivity (Wildman–Crippen MR) is 102 cm³/mol. The number of nitrogens with two attached hydrogens (primary N) is 1. The highest BCUT2D eigenvalue weighted by molar-refractivity contribution is 7.94. The Labute approximate surface area is 168 Å². The molecule has 146 valence electrons. The third-order valence-electron chi connectivity index (χ3n) is 3.47. The summed E-state index contributed by atoms with van der Waals surface area (Å²) in [6.07, 6.45) is 0. The molecule has 0 aliphatic heterocycles. The van der Waals surface area contributed by atoms with Crippen LogP contribution in [0.3, 0.4) is 0 Å². The van der Waals surface area contributed by atoms with Gasteiger partial charge in [-0.15, -0.1) is 13.8 Å². The summed E-state index contributed by atoms with van der Waals surface area (Å²) in [6, 6.07) is 13.1. The topological polar surface area (TPSA) is 148 Å². The number of hydrogen-bond donors (Lipinski definition) is 4. The predicted octanol–water partition coefficient (Wildman–Crippen LogP) is 5.40. The summed E-state index contributed by atoms with van der Waals surface area (Å²) in [5.74, 6) is -0.160. The number of anilines is 1. The standard InChI is InChI=1S/C16H13N3O7S2/c17-10-1-6-13-9(7-10)8-14(28-26-24-22)15(16(13)20)19-18-11-2-4-12(5-3-11)27-25-23-21/h1-8,20-22H,17H2/i/hD. The van der Waals surface area contributed by atoms with E-state index in [2.05, 4.69) is 34.7 Å². The molecule has 3 rings (SSSR count). The van der Waals surface area contributed by atoms with Crippen LogP contribution < -0.4 is 5.73 Å². The van der Waals surface area contributed by atoms with Crippen molar-refractivity contribution in [3.05, 3.63) is 48.5 Å². The molecule has 10 nitrogen and oxygen atoms in total. The molecule has 5 N–H and O–H groups in total. The first-order chi connectivity index (χ1) is 14.2. The minimum Gasteiger partial charge on any atom is -0.505 e. The molecule has 0 saturated carbocycles. The Kier molecular flexibility index (Phi) is 6.54. The first kappa shape index (κ1) is 18.9. The van der Waals surface area contributed by atoms with Crippen LogP contribution in [0, 0.1) is 0 Å². The fraction of sp³-hybridized carbons (Fsp3) is 0. The van der Waals surface area contributed by atoms with Crippen LogP contribution in [0.5, 0.6) is 5.75 Å². The molecule has 0 aliphatic rings. The molecule has 0 amide bonds. The van der Waals surface area contributed by atoms with E-state index in [1.54, 1.807) is 48.5 Å². The first-order valence-electron chi connectivity index (χ1n) is 7.95. The molecule has 0 aliphatic carbocycles. The maximum atomic E-state index is 10.7. The molecule has 3 aromatic rings. The van der Waals surface area contributed by atoms with E-state index in [9.17, 15) is 5.11 Å². The molecule has 3 aromatic carbocycles. The van der Waals surface area contributed by atoms with Crippen molar-refractivity contribution in [2.45, 2.75) is 9.79 Å². The molecule has 0 heterocycles. The van der Waals surface area contributed by atoms with Crippen LogP contribution in [0.25, 0.3) is 10.8 Å². The van der Waals surface area contributed by atoms with Crippen molar-refractivity contribution in [2.24, 2.45) is 10.2 Å². The van der Waals surface area contributed by atoms with Gasteiger partial charge in [-0.3, -0.25) is 0 Å². The highest BCUT2D eigenvalue weighted by Gasteiger charge is 2.15. The van der Waals surface area contributed by atoms with Gasteiger partial charge in [-0.1, -0.05) is 10.1 Å². The summed E-state index contributed by atoms with van der Waals surface area (Å²) in [6.45, 7) is 0. The highest BCUT2D eigenvalue weighted by Crippen LogP contribution is 2.44. The lowest BCUT2D eigenvalue weighted by atomic mass is 10.1. The van der Waals surface area contributed by atoms with Crippen molar-refractivity contribution in [3.63, 3.8) is 0 Å². The minimum atomic E-state index is -0.160. The lowest BCUT2D eigenvalue weighted by molar-refractivity contribution is -0.432. The minimum absolute atomic E-state index is 0.0987. The van der Waals surface area contributed by atoms with Gasteiger partial charge in [0.1, 0.15) is 5.69 Å². The monoisotopic (exact) mass is 424 g/mol. The van der Waals surface area contributed by atoms with Crippen LogP contribution >= 0.6 is 24.1 Å². The molecular formula is C16H13N3O7S2. The van der Waals surface area contributed by atoms with Gasteiger partial charge in [0.15, 0.2) is 7.16 Å². The second-order valence-corrected chi connectivity index (χ2v) is 6.67. The Balaban J connectivity index is 1.95. The lowest BCUT2D eigenvalue weighted by Crippen LogP contribution is -1.86. The normalized spacial score (nSPS) is 11.9. The van der Waals surface area contributed by atoms with E-state index in [1.165, 1.54) is 0 Å². The van der Waals surface area contributed by atoms with E-state index in [4.69, 9.17) is 11.9 Å². The van der Waals surface area contributed by atoms with Gasteiger partial charge in [-0.2, -0.15) is 5.11 Å². The van der Waals surface area contributed by atoms with Gasteiger partial charge in [0.2, 0.25) is 0 Å². The van der Waals surface area contributed by atoms with Crippen LogP contribution in [0.2, 0.25) is 1.41 Å². The van der Waals surface area contributed by atoms with Crippen molar-refractivity contribution >= 4 is 51.9 Å². The van der Waals surface area contributed by atoms with Gasteiger partial charge in [0.05, 0.1) is 34.7 Å². The molecule has 12 heteroatoms. The fourth-order valence-corrected chi connectivity index (χ4v) is 3.15. The summed E-state index contributed by atoms with van der Waals surface area (Å²) in [5.41, 5.74) is 3.37. The highest BCUT2D eigenvalue weighted by atomic mass is 32.2. The molecule has 0 bridgehead atoms. The van der Waals surface area contributed by atoms with Crippen LogP contribution in [-0.2, 0) is 18.7 Å². The van der Waals surface area contributed by atoms with Crippen molar-refractivity contribution in [1.82, 2.24) is 0 Å². The van der Waals surface area contributed by atoms with Gasteiger partial charge in [-0.25, -0.2) is 10.5 Å². The molecule has 0 saturated heterocycles. The summed E-state index contributed by atoms with van der Waals surface area (Å²) >= 11 is 1.43. The maximum Gasteiger partial charge on any atom is 0.156 e. The fourth-order valence-electron chi connectivity index (χ4n) is 2.29. The number of azo groups is 1. The number of hydrogen-bond acceptors (Lipinski definition) is 12. The maximum absolute atomic E-state index is 10.7. The lowest BCUT2D eigenvalue weighted by Gasteiger charge is -2.09. The molecule has 0 spiro atoms. The van der Waals surface area contributed by atoms with E-state index in [0.717, 1.165) is 12.0 Å². The number of rotatable bonds is 9. The van der Waals surface area contributed by atoms with Crippen molar-refractivity contribution in [3.8, 4) is 5.75 Å². The summed E-state index contributed by atoms with van der Waals surface area (Å²) in [5, 5.41) is 43.7. The van der Waals surface area contributed by atoms with Crippen LogP contribution in [-0.4, -0.2) is 15.6 Å². The van der Waals surface area contributed by atoms with E-state index in [0.29, 0.717) is 44.0 Å². The zero-order valence-electron chi connectivity index (χ0n) is 14.8. The van der Waals surface area contributed by atoms with Gasteiger partial charge >= 0.3 is 0 Å². The molecule has 0 fully saturated rings. The van der Waals surface area contributed by atoms with Crippen molar-refractivity contribution in [2.75, 3.05) is 5.73 Å². The SMILES string of the molecule is [2H]Nc1ccc2c(O)c(N=Nc3ccc(SOOO)cc3)c(SOOO)cc2c1. The summed E-state index contributed by atoms with van der Waals surface area (Å²) in [7, 11) is 0. The number of phenols is 1. The van der Waals surface area contributed by atoms with Crippen LogP contribution in [0.15, 0.2) is 68.6 Å².